The molecule has 0 spiro atoms. The Bertz CT molecular complexity index is 367. The lowest BCUT2D eigenvalue weighted by Gasteiger charge is -2.25. The summed E-state index contributed by atoms with van der Waals surface area (Å²) in [7, 11) is 0. The van der Waals surface area contributed by atoms with E-state index >= 15 is 0 Å². The van der Waals surface area contributed by atoms with Crippen LogP contribution in [-0.4, -0.2) is 17.6 Å². The van der Waals surface area contributed by atoms with Gasteiger partial charge in [0, 0.05) is 5.02 Å². The van der Waals surface area contributed by atoms with Crippen LogP contribution >= 0.6 is 11.6 Å². The van der Waals surface area contributed by atoms with Gasteiger partial charge in [0.1, 0.15) is 0 Å². The summed E-state index contributed by atoms with van der Waals surface area (Å²) in [5.41, 5.74) is 5.04. The van der Waals surface area contributed by atoms with Crippen LogP contribution in [-0.2, 0) is 10.2 Å². The summed E-state index contributed by atoms with van der Waals surface area (Å²) in [6, 6.07) is 6.97. The molecule has 0 saturated heterocycles. The second-order valence-corrected chi connectivity index (χ2v) is 4.06. The minimum Gasteiger partial charge on any atom is -0.481 e. The van der Waals surface area contributed by atoms with Gasteiger partial charge in [-0.1, -0.05) is 29.8 Å². The molecule has 1 atom stereocenters. The Hall–Kier alpha value is -1.06. The standard InChI is InChI=1S/C11H14ClNO2/c1-11(6-7-13,10(14)15)8-4-2-3-5-9(8)12/h2-5H,6-7,13H2,1H3,(H,14,15). The SMILES string of the molecule is CC(CCN)(C(=O)O)c1ccccc1Cl. The minimum atomic E-state index is -1.01. The summed E-state index contributed by atoms with van der Waals surface area (Å²) in [6.07, 6.45) is 0.367. The van der Waals surface area contributed by atoms with Crippen LogP contribution in [0.15, 0.2) is 24.3 Å². The highest BCUT2D eigenvalue weighted by Crippen LogP contribution is 2.32. The summed E-state index contributed by atoms with van der Waals surface area (Å²) in [6.45, 7) is 1.96. The number of carboxylic acid groups (broad SMARTS) is 1. The van der Waals surface area contributed by atoms with Crippen molar-refractivity contribution in [3.63, 3.8) is 0 Å². The van der Waals surface area contributed by atoms with Crippen LogP contribution in [0.4, 0.5) is 0 Å². The highest BCUT2D eigenvalue weighted by molar-refractivity contribution is 6.31. The fourth-order valence-electron chi connectivity index (χ4n) is 1.55. The maximum absolute atomic E-state index is 11.2. The van der Waals surface area contributed by atoms with E-state index in [1.165, 1.54) is 0 Å². The lowest BCUT2D eigenvalue weighted by molar-refractivity contribution is -0.143. The summed E-state index contributed by atoms with van der Waals surface area (Å²) >= 11 is 5.98. The second-order valence-electron chi connectivity index (χ2n) is 3.66. The normalized spacial score (nSPS) is 14.6. The zero-order valence-electron chi connectivity index (χ0n) is 8.53. The van der Waals surface area contributed by atoms with Crippen molar-refractivity contribution >= 4 is 17.6 Å². The molecule has 3 N–H and O–H groups in total. The lowest BCUT2D eigenvalue weighted by Crippen LogP contribution is -2.35. The van der Waals surface area contributed by atoms with Gasteiger partial charge in [0.2, 0.25) is 0 Å². The maximum atomic E-state index is 11.2. The minimum absolute atomic E-state index is 0.314. The van der Waals surface area contributed by atoms with Crippen LogP contribution in [0, 0.1) is 0 Å². The molecule has 1 aromatic rings. The molecule has 15 heavy (non-hydrogen) atoms. The number of nitrogens with two attached hydrogens (primary N) is 1. The molecule has 0 bridgehead atoms. The van der Waals surface area contributed by atoms with Crippen LogP contribution in [0.2, 0.25) is 5.02 Å². The van der Waals surface area contributed by atoms with Crippen LogP contribution in [0.25, 0.3) is 0 Å². The summed E-state index contributed by atoms with van der Waals surface area (Å²) in [5.74, 6) is -0.902. The molecule has 0 amide bonds. The van der Waals surface area contributed by atoms with Gasteiger partial charge in [0.15, 0.2) is 0 Å². The van der Waals surface area contributed by atoms with Crippen LogP contribution in [0.3, 0.4) is 0 Å². The molecule has 82 valence electrons. The first-order chi connectivity index (χ1) is 7.02. The van der Waals surface area contributed by atoms with E-state index < -0.39 is 11.4 Å². The van der Waals surface area contributed by atoms with Gasteiger partial charge in [0.25, 0.3) is 0 Å². The van der Waals surface area contributed by atoms with Crippen molar-refractivity contribution in [2.45, 2.75) is 18.8 Å². The molecule has 3 nitrogen and oxygen atoms in total. The fraction of sp³-hybridized carbons (Fsp3) is 0.364. The van der Waals surface area contributed by atoms with Gasteiger partial charge in [-0.05, 0) is 31.5 Å². The Morgan fingerprint density at radius 1 is 1.53 bits per heavy atom. The zero-order valence-corrected chi connectivity index (χ0v) is 9.29. The van der Waals surface area contributed by atoms with Crippen molar-refractivity contribution in [2.24, 2.45) is 5.73 Å². The number of benzene rings is 1. The molecule has 0 aliphatic heterocycles. The van der Waals surface area contributed by atoms with Gasteiger partial charge in [-0.3, -0.25) is 4.79 Å². The van der Waals surface area contributed by atoms with Crippen LogP contribution in [0.1, 0.15) is 18.9 Å². The Morgan fingerprint density at radius 3 is 2.60 bits per heavy atom. The van der Waals surface area contributed by atoms with Gasteiger partial charge in [0.05, 0.1) is 5.41 Å². The molecular weight excluding hydrogens is 214 g/mol. The number of carbonyl (C=O) groups is 1. The van der Waals surface area contributed by atoms with E-state index in [0.29, 0.717) is 23.6 Å². The highest BCUT2D eigenvalue weighted by Gasteiger charge is 2.35. The molecule has 0 fully saturated rings. The van der Waals surface area contributed by atoms with E-state index in [2.05, 4.69) is 0 Å². The van der Waals surface area contributed by atoms with Crippen molar-refractivity contribution in [3.8, 4) is 0 Å². The first-order valence-corrected chi connectivity index (χ1v) is 5.08. The Labute approximate surface area is 93.9 Å². The van der Waals surface area contributed by atoms with Crippen molar-refractivity contribution < 1.29 is 9.90 Å². The number of aliphatic carboxylic acids is 1. The van der Waals surface area contributed by atoms with Crippen LogP contribution in [0.5, 0.6) is 0 Å². The predicted octanol–water partition coefficient (Wildman–Crippen LogP) is 2.03. The maximum Gasteiger partial charge on any atom is 0.313 e. The van der Waals surface area contributed by atoms with Gasteiger partial charge in [-0.25, -0.2) is 0 Å². The van der Waals surface area contributed by atoms with Crippen LogP contribution < -0.4 is 5.73 Å². The molecular formula is C11H14ClNO2. The van der Waals surface area contributed by atoms with E-state index in [4.69, 9.17) is 17.3 Å². The van der Waals surface area contributed by atoms with Crippen molar-refractivity contribution in [1.29, 1.82) is 0 Å². The third-order valence-corrected chi connectivity index (χ3v) is 2.91. The molecule has 4 heteroatoms. The number of carboxylic acids is 1. The molecule has 0 saturated carbocycles. The molecule has 0 aliphatic rings. The molecule has 0 aromatic heterocycles. The third kappa shape index (κ3) is 2.30. The van der Waals surface area contributed by atoms with E-state index in [9.17, 15) is 9.90 Å². The van der Waals surface area contributed by atoms with Gasteiger partial charge < -0.3 is 10.8 Å². The average molecular weight is 228 g/mol. The van der Waals surface area contributed by atoms with Crippen molar-refractivity contribution in [3.05, 3.63) is 34.9 Å². The Kier molecular flexibility index (Phi) is 3.72. The third-order valence-electron chi connectivity index (χ3n) is 2.58. The molecule has 0 aliphatic carbocycles. The van der Waals surface area contributed by atoms with Gasteiger partial charge in [-0.15, -0.1) is 0 Å². The van der Waals surface area contributed by atoms with E-state index in [0.717, 1.165) is 0 Å². The van der Waals surface area contributed by atoms with E-state index in [-0.39, 0.29) is 0 Å². The predicted molar refractivity (Wildman–Crippen MR) is 60.1 cm³/mol. The Balaban J connectivity index is 3.21. The average Bonchev–Trinajstić information content (AvgIpc) is 2.18. The van der Waals surface area contributed by atoms with Gasteiger partial charge in [-0.2, -0.15) is 0 Å². The first kappa shape index (κ1) is 12.0. The lowest BCUT2D eigenvalue weighted by atomic mass is 9.79. The highest BCUT2D eigenvalue weighted by atomic mass is 35.5. The zero-order chi connectivity index (χ0) is 11.5. The summed E-state index contributed by atoms with van der Waals surface area (Å²) in [4.78, 5) is 11.2. The molecule has 1 rings (SSSR count). The molecule has 0 radical (unpaired) electrons. The largest absolute Gasteiger partial charge is 0.481 e. The van der Waals surface area contributed by atoms with Crippen molar-refractivity contribution in [2.75, 3.05) is 6.54 Å². The number of hydrogen-bond acceptors (Lipinski definition) is 2. The molecule has 1 unspecified atom stereocenters. The summed E-state index contributed by atoms with van der Waals surface area (Å²) < 4.78 is 0. The second kappa shape index (κ2) is 4.64. The number of halogens is 1. The first-order valence-electron chi connectivity index (χ1n) is 4.71. The number of rotatable bonds is 4. The van der Waals surface area contributed by atoms with Crippen molar-refractivity contribution in [1.82, 2.24) is 0 Å². The summed E-state index contributed by atoms with van der Waals surface area (Å²) in [5, 5.41) is 9.70. The number of hydrogen-bond donors (Lipinski definition) is 2. The smallest absolute Gasteiger partial charge is 0.313 e. The monoisotopic (exact) mass is 227 g/mol. The quantitative estimate of drug-likeness (QED) is 0.827. The molecule has 0 heterocycles. The van der Waals surface area contributed by atoms with E-state index in [1.807, 2.05) is 0 Å². The Morgan fingerprint density at radius 2 is 2.13 bits per heavy atom. The van der Waals surface area contributed by atoms with Gasteiger partial charge >= 0.3 is 5.97 Å². The van der Waals surface area contributed by atoms with E-state index in [1.54, 1.807) is 31.2 Å². The molecule has 1 aromatic carbocycles. The topological polar surface area (TPSA) is 63.3 Å². The fourth-order valence-corrected chi connectivity index (χ4v) is 1.90.